The van der Waals surface area contributed by atoms with Crippen LogP contribution in [0.25, 0.3) is 16.7 Å². The number of amides is 1. The summed E-state index contributed by atoms with van der Waals surface area (Å²) in [4.78, 5) is 14.2. The molecule has 0 fully saturated rings. The minimum Gasteiger partial charge on any atom is -0.483 e. The van der Waals surface area contributed by atoms with Crippen LogP contribution in [0, 0.1) is 20.8 Å². The molecule has 0 aliphatic heterocycles. The molecule has 0 aliphatic carbocycles. The van der Waals surface area contributed by atoms with E-state index in [0.717, 1.165) is 45.6 Å². The zero-order valence-electron chi connectivity index (χ0n) is 19.7. The Hall–Kier alpha value is -3.67. The van der Waals surface area contributed by atoms with Crippen molar-refractivity contribution in [2.75, 3.05) is 11.9 Å². The Morgan fingerprint density at radius 2 is 1.70 bits per heavy atom. The molecule has 1 amide bonds. The highest BCUT2D eigenvalue weighted by atomic mass is 16.5. The van der Waals surface area contributed by atoms with Crippen LogP contribution in [0.15, 0.2) is 54.6 Å². The molecule has 0 radical (unpaired) electrons. The SMILES string of the molecule is CCCCc1ccc(-n2nc3cc(C)c(NC(=O)COc4cccc(C)c4C)cc3n2)cc1. The molecule has 0 bridgehead atoms. The fraction of sp³-hybridized carbons (Fsp3) is 0.296. The van der Waals surface area contributed by atoms with Gasteiger partial charge in [0.25, 0.3) is 5.91 Å². The Morgan fingerprint density at radius 1 is 0.970 bits per heavy atom. The van der Waals surface area contributed by atoms with E-state index in [4.69, 9.17) is 4.74 Å². The van der Waals surface area contributed by atoms with Gasteiger partial charge in [-0.25, -0.2) is 0 Å². The van der Waals surface area contributed by atoms with Gasteiger partial charge in [0.05, 0.1) is 5.69 Å². The van der Waals surface area contributed by atoms with E-state index in [0.29, 0.717) is 5.69 Å². The van der Waals surface area contributed by atoms with Gasteiger partial charge < -0.3 is 10.1 Å². The van der Waals surface area contributed by atoms with Crippen molar-refractivity contribution in [3.8, 4) is 11.4 Å². The molecule has 0 saturated heterocycles. The number of nitrogens with zero attached hydrogens (tertiary/aromatic N) is 3. The third-order valence-corrected chi connectivity index (χ3v) is 5.90. The van der Waals surface area contributed by atoms with E-state index in [-0.39, 0.29) is 12.5 Å². The number of anilines is 1. The molecular weight excluding hydrogens is 412 g/mol. The van der Waals surface area contributed by atoms with E-state index in [2.05, 4.69) is 34.6 Å². The van der Waals surface area contributed by atoms with Crippen LogP contribution < -0.4 is 10.1 Å². The molecule has 1 aromatic heterocycles. The van der Waals surface area contributed by atoms with Crippen molar-refractivity contribution in [2.24, 2.45) is 0 Å². The number of ether oxygens (including phenoxy) is 1. The van der Waals surface area contributed by atoms with Gasteiger partial charge in [0.2, 0.25) is 0 Å². The first-order chi connectivity index (χ1) is 15.9. The lowest BCUT2D eigenvalue weighted by Crippen LogP contribution is -2.21. The first-order valence-electron chi connectivity index (χ1n) is 11.4. The van der Waals surface area contributed by atoms with Gasteiger partial charge in [-0.05, 0) is 86.2 Å². The van der Waals surface area contributed by atoms with Crippen LogP contribution in [0.5, 0.6) is 5.75 Å². The van der Waals surface area contributed by atoms with Crippen molar-refractivity contribution in [1.29, 1.82) is 0 Å². The van der Waals surface area contributed by atoms with E-state index < -0.39 is 0 Å². The fourth-order valence-electron chi connectivity index (χ4n) is 3.71. The monoisotopic (exact) mass is 442 g/mol. The lowest BCUT2D eigenvalue weighted by molar-refractivity contribution is -0.118. The molecule has 6 heteroatoms. The van der Waals surface area contributed by atoms with E-state index in [1.807, 2.05) is 63.2 Å². The van der Waals surface area contributed by atoms with Gasteiger partial charge in [0.15, 0.2) is 6.61 Å². The quantitative estimate of drug-likeness (QED) is 0.380. The normalized spacial score (nSPS) is 11.0. The van der Waals surface area contributed by atoms with E-state index in [1.165, 1.54) is 18.4 Å². The van der Waals surface area contributed by atoms with Crippen LogP contribution in [-0.4, -0.2) is 27.5 Å². The maximum absolute atomic E-state index is 12.5. The summed E-state index contributed by atoms with van der Waals surface area (Å²) in [5.41, 5.74) is 7.54. The molecule has 33 heavy (non-hydrogen) atoms. The number of hydrogen-bond donors (Lipinski definition) is 1. The molecule has 0 spiro atoms. The van der Waals surface area contributed by atoms with Gasteiger partial charge in [0, 0.05) is 5.69 Å². The summed E-state index contributed by atoms with van der Waals surface area (Å²) < 4.78 is 5.73. The van der Waals surface area contributed by atoms with Crippen molar-refractivity contribution in [1.82, 2.24) is 15.0 Å². The summed E-state index contributed by atoms with van der Waals surface area (Å²) in [6.07, 6.45) is 3.46. The molecule has 6 nitrogen and oxygen atoms in total. The lowest BCUT2D eigenvalue weighted by atomic mass is 10.1. The zero-order chi connectivity index (χ0) is 23.4. The number of unbranched alkanes of at least 4 members (excludes halogenated alkanes) is 1. The van der Waals surface area contributed by atoms with Gasteiger partial charge >= 0.3 is 0 Å². The second-order valence-electron chi connectivity index (χ2n) is 8.45. The minimum absolute atomic E-state index is 0.0567. The molecule has 1 heterocycles. The third kappa shape index (κ3) is 5.22. The van der Waals surface area contributed by atoms with Crippen LogP contribution in [0.3, 0.4) is 0 Å². The summed E-state index contributed by atoms with van der Waals surface area (Å²) in [7, 11) is 0. The average molecular weight is 443 g/mol. The number of carbonyl (C=O) groups is 1. The standard InChI is InChI=1S/C27H30N4O2/c1-5-6-9-21-11-13-22(14-12-21)31-29-24-15-19(3)23(16-25(24)30-31)28-27(32)17-33-26-10-7-8-18(2)20(26)4/h7-8,10-16H,5-6,9,17H2,1-4H3,(H,28,32). The van der Waals surface area contributed by atoms with Crippen LogP contribution in [0.2, 0.25) is 0 Å². The molecule has 0 aliphatic rings. The second kappa shape index (κ2) is 9.86. The van der Waals surface area contributed by atoms with Gasteiger partial charge in [-0.3, -0.25) is 4.79 Å². The maximum Gasteiger partial charge on any atom is 0.262 e. The molecule has 0 atom stereocenters. The minimum atomic E-state index is -0.214. The number of carbonyl (C=O) groups excluding carboxylic acids is 1. The molecule has 3 aromatic carbocycles. The van der Waals surface area contributed by atoms with Crippen LogP contribution in [-0.2, 0) is 11.2 Å². The first kappa shape index (κ1) is 22.5. The largest absolute Gasteiger partial charge is 0.483 e. The van der Waals surface area contributed by atoms with Crippen molar-refractivity contribution >= 4 is 22.6 Å². The summed E-state index contributed by atoms with van der Waals surface area (Å²) in [6, 6.07) is 18.0. The number of rotatable bonds is 8. The van der Waals surface area contributed by atoms with Gasteiger partial charge in [-0.15, -0.1) is 10.2 Å². The summed E-state index contributed by atoms with van der Waals surface area (Å²) >= 11 is 0. The Bertz CT molecular complexity index is 1280. The van der Waals surface area contributed by atoms with Crippen molar-refractivity contribution in [2.45, 2.75) is 47.0 Å². The fourth-order valence-corrected chi connectivity index (χ4v) is 3.71. The highest BCUT2D eigenvalue weighted by Crippen LogP contribution is 2.23. The number of aromatic nitrogens is 3. The molecule has 170 valence electrons. The second-order valence-corrected chi connectivity index (χ2v) is 8.45. The Labute approximate surface area is 194 Å². The topological polar surface area (TPSA) is 69.0 Å². The lowest BCUT2D eigenvalue weighted by Gasteiger charge is -2.12. The number of benzene rings is 3. The van der Waals surface area contributed by atoms with Crippen LogP contribution >= 0.6 is 0 Å². The van der Waals surface area contributed by atoms with Gasteiger partial charge in [-0.1, -0.05) is 37.6 Å². The predicted molar refractivity (Wildman–Crippen MR) is 132 cm³/mol. The summed E-state index contributed by atoms with van der Waals surface area (Å²) in [6.45, 7) is 8.10. The summed E-state index contributed by atoms with van der Waals surface area (Å²) in [5, 5.41) is 12.2. The van der Waals surface area contributed by atoms with Crippen molar-refractivity contribution < 1.29 is 9.53 Å². The number of aryl methyl sites for hydroxylation is 3. The number of hydrogen-bond acceptors (Lipinski definition) is 4. The van der Waals surface area contributed by atoms with Gasteiger partial charge in [0.1, 0.15) is 16.8 Å². The predicted octanol–water partition coefficient (Wildman–Crippen LogP) is 5.71. The Kier molecular flexibility index (Phi) is 6.73. The first-order valence-corrected chi connectivity index (χ1v) is 11.4. The molecule has 1 N–H and O–H groups in total. The number of nitrogens with one attached hydrogen (secondary N) is 1. The zero-order valence-corrected chi connectivity index (χ0v) is 19.7. The average Bonchev–Trinajstić information content (AvgIpc) is 3.22. The van der Waals surface area contributed by atoms with Crippen LogP contribution in [0.1, 0.15) is 42.0 Å². The third-order valence-electron chi connectivity index (χ3n) is 5.90. The molecular formula is C27H30N4O2. The maximum atomic E-state index is 12.5. The highest BCUT2D eigenvalue weighted by molar-refractivity contribution is 5.95. The smallest absolute Gasteiger partial charge is 0.262 e. The molecule has 0 unspecified atom stereocenters. The van der Waals surface area contributed by atoms with Crippen molar-refractivity contribution in [3.63, 3.8) is 0 Å². The van der Waals surface area contributed by atoms with E-state index >= 15 is 0 Å². The molecule has 4 aromatic rings. The summed E-state index contributed by atoms with van der Waals surface area (Å²) in [5.74, 6) is 0.509. The Balaban J connectivity index is 1.47. The molecule has 0 saturated carbocycles. The molecule has 4 rings (SSSR count). The van der Waals surface area contributed by atoms with E-state index in [9.17, 15) is 4.79 Å². The van der Waals surface area contributed by atoms with Crippen LogP contribution in [0.4, 0.5) is 5.69 Å². The highest BCUT2D eigenvalue weighted by Gasteiger charge is 2.12. The van der Waals surface area contributed by atoms with Gasteiger partial charge in [-0.2, -0.15) is 4.80 Å². The number of fused-ring (bicyclic) bond motifs is 1. The van der Waals surface area contributed by atoms with Crippen molar-refractivity contribution in [3.05, 3.63) is 76.9 Å². The van der Waals surface area contributed by atoms with E-state index in [1.54, 1.807) is 4.80 Å². The Morgan fingerprint density at radius 3 is 2.42 bits per heavy atom.